The van der Waals surface area contributed by atoms with Gasteiger partial charge in [-0.1, -0.05) is 0 Å². The summed E-state index contributed by atoms with van der Waals surface area (Å²) in [6, 6.07) is 3.66. The minimum absolute atomic E-state index is 0.0538. The number of nitrogens with zero attached hydrogens (tertiary/aromatic N) is 2. The zero-order valence-corrected chi connectivity index (χ0v) is 10.1. The molecule has 1 heterocycles. The molecule has 1 aromatic carbocycles. The molecule has 106 valence electrons. The van der Waals surface area contributed by atoms with E-state index in [0.717, 1.165) is 12.1 Å². The summed E-state index contributed by atoms with van der Waals surface area (Å²) in [7, 11) is 0. The van der Waals surface area contributed by atoms with E-state index in [1.807, 2.05) is 0 Å². The molecule has 0 saturated heterocycles. The monoisotopic (exact) mass is 287 g/mol. The second-order valence-electron chi connectivity index (χ2n) is 3.93. The summed E-state index contributed by atoms with van der Waals surface area (Å²) in [6.45, 7) is 1.65. The predicted octanol–water partition coefficient (Wildman–Crippen LogP) is 3.44. The first kappa shape index (κ1) is 13.8. The average Bonchev–Trinajstić information content (AvgIpc) is 2.73. The molecule has 0 amide bonds. The van der Waals surface area contributed by atoms with Gasteiger partial charge in [0.05, 0.1) is 4.92 Å². The zero-order valence-electron chi connectivity index (χ0n) is 10.1. The number of non-ortho nitro benzene ring substituents is 1. The van der Waals surface area contributed by atoms with Crippen molar-refractivity contribution < 1.29 is 22.8 Å². The molecule has 0 fully saturated rings. The highest BCUT2D eigenvalue weighted by atomic mass is 19.4. The molecule has 0 spiro atoms. The van der Waals surface area contributed by atoms with Crippen LogP contribution in [-0.4, -0.2) is 15.1 Å². The molecular formula is C11H8F3N3O3. The minimum Gasteiger partial charge on any atom is -0.437 e. The quantitative estimate of drug-likeness (QED) is 0.692. The lowest BCUT2D eigenvalue weighted by molar-refractivity contribution is -0.385. The summed E-state index contributed by atoms with van der Waals surface area (Å²) in [5.41, 5.74) is -1.29. The molecule has 20 heavy (non-hydrogen) atoms. The van der Waals surface area contributed by atoms with Crippen LogP contribution < -0.4 is 4.74 Å². The van der Waals surface area contributed by atoms with E-state index in [2.05, 4.69) is 10.2 Å². The smallest absolute Gasteiger partial charge is 0.420 e. The number of hydrogen-bond acceptors (Lipinski definition) is 4. The molecule has 0 aliphatic rings. The Labute approximate surface area is 110 Å². The molecule has 2 rings (SSSR count). The van der Waals surface area contributed by atoms with Crippen molar-refractivity contribution in [1.29, 1.82) is 0 Å². The summed E-state index contributed by atoms with van der Waals surface area (Å²) < 4.78 is 43.6. The SMILES string of the molecule is Cc1cc(Oc2ccc([N+](=O)[O-])cc2C(F)(F)F)n[nH]1. The minimum atomic E-state index is -4.77. The van der Waals surface area contributed by atoms with Gasteiger partial charge in [0.1, 0.15) is 11.3 Å². The molecule has 1 N–H and O–H groups in total. The Morgan fingerprint density at radius 2 is 2.05 bits per heavy atom. The van der Waals surface area contributed by atoms with Crippen LogP contribution in [0.2, 0.25) is 0 Å². The van der Waals surface area contributed by atoms with Crippen LogP contribution in [0.3, 0.4) is 0 Å². The third-order valence-corrected chi connectivity index (χ3v) is 2.38. The second kappa shape index (κ2) is 4.83. The van der Waals surface area contributed by atoms with Gasteiger partial charge in [0.25, 0.3) is 5.69 Å². The number of ether oxygens (including phenoxy) is 1. The molecule has 0 radical (unpaired) electrons. The molecule has 0 bridgehead atoms. The third kappa shape index (κ3) is 2.87. The van der Waals surface area contributed by atoms with Gasteiger partial charge in [-0.25, -0.2) is 0 Å². The van der Waals surface area contributed by atoms with Crippen molar-refractivity contribution in [1.82, 2.24) is 10.2 Å². The normalized spacial score (nSPS) is 11.4. The molecule has 0 aliphatic carbocycles. The van der Waals surface area contributed by atoms with Gasteiger partial charge in [0, 0.05) is 23.9 Å². The molecule has 2 aromatic rings. The van der Waals surface area contributed by atoms with Crippen LogP contribution in [-0.2, 0) is 6.18 Å². The molecule has 0 saturated carbocycles. The molecular weight excluding hydrogens is 279 g/mol. The van der Waals surface area contributed by atoms with Gasteiger partial charge < -0.3 is 4.74 Å². The molecule has 0 atom stereocenters. The van der Waals surface area contributed by atoms with E-state index in [0.29, 0.717) is 11.8 Å². The van der Waals surface area contributed by atoms with Crippen molar-refractivity contribution in [3.05, 3.63) is 45.6 Å². The van der Waals surface area contributed by atoms with Crippen molar-refractivity contribution in [2.45, 2.75) is 13.1 Å². The van der Waals surface area contributed by atoms with Crippen LogP contribution >= 0.6 is 0 Å². The van der Waals surface area contributed by atoms with Gasteiger partial charge in [-0.15, -0.1) is 5.10 Å². The number of aryl methyl sites for hydroxylation is 1. The third-order valence-electron chi connectivity index (χ3n) is 2.38. The van der Waals surface area contributed by atoms with Crippen molar-refractivity contribution in [3.63, 3.8) is 0 Å². The fourth-order valence-corrected chi connectivity index (χ4v) is 1.50. The molecule has 0 unspecified atom stereocenters. The fourth-order valence-electron chi connectivity index (χ4n) is 1.50. The Morgan fingerprint density at radius 1 is 1.35 bits per heavy atom. The summed E-state index contributed by atoms with van der Waals surface area (Å²) in [6.07, 6.45) is -4.77. The molecule has 6 nitrogen and oxygen atoms in total. The van der Waals surface area contributed by atoms with Crippen molar-refractivity contribution >= 4 is 5.69 Å². The predicted molar refractivity (Wildman–Crippen MR) is 61.5 cm³/mol. The van der Waals surface area contributed by atoms with Crippen molar-refractivity contribution in [3.8, 4) is 11.6 Å². The van der Waals surface area contributed by atoms with Gasteiger partial charge in [0.2, 0.25) is 5.88 Å². The van der Waals surface area contributed by atoms with Crippen LogP contribution in [0.15, 0.2) is 24.3 Å². The zero-order chi connectivity index (χ0) is 14.9. The number of aromatic nitrogens is 2. The van der Waals surface area contributed by atoms with Crippen molar-refractivity contribution in [2.75, 3.05) is 0 Å². The molecule has 0 aliphatic heterocycles. The Balaban J connectivity index is 2.44. The Bertz CT molecular complexity index is 652. The topological polar surface area (TPSA) is 81.1 Å². The summed E-state index contributed by atoms with van der Waals surface area (Å²) >= 11 is 0. The number of H-pyrrole nitrogens is 1. The lowest BCUT2D eigenvalue weighted by atomic mass is 10.1. The van der Waals surface area contributed by atoms with Crippen LogP contribution in [0.5, 0.6) is 11.6 Å². The summed E-state index contributed by atoms with van der Waals surface area (Å²) in [4.78, 5) is 9.63. The maximum absolute atomic E-state index is 12.9. The highest BCUT2D eigenvalue weighted by molar-refractivity contribution is 5.46. The van der Waals surface area contributed by atoms with Gasteiger partial charge in [-0.3, -0.25) is 15.2 Å². The lowest BCUT2D eigenvalue weighted by Gasteiger charge is -2.11. The number of nitro groups is 1. The first-order valence-corrected chi connectivity index (χ1v) is 5.33. The lowest BCUT2D eigenvalue weighted by Crippen LogP contribution is -2.08. The van der Waals surface area contributed by atoms with Crippen LogP contribution in [0.4, 0.5) is 18.9 Å². The number of nitro benzene ring substituents is 1. The van der Waals surface area contributed by atoms with E-state index >= 15 is 0 Å². The van der Waals surface area contributed by atoms with E-state index in [-0.39, 0.29) is 5.88 Å². The van der Waals surface area contributed by atoms with E-state index in [4.69, 9.17) is 4.74 Å². The number of aromatic amines is 1. The first-order chi connectivity index (χ1) is 9.27. The van der Waals surface area contributed by atoms with E-state index in [1.54, 1.807) is 6.92 Å². The summed E-state index contributed by atoms with van der Waals surface area (Å²) in [5.74, 6) is -0.601. The van der Waals surface area contributed by atoms with Gasteiger partial charge in [-0.05, 0) is 13.0 Å². The number of halogens is 3. The van der Waals surface area contributed by atoms with Gasteiger partial charge in [-0.2, -0.15) is 13.2 Å². The number of rotatable bonds is 3. The Hall–Kier alpha value is -2.58. The average molecular weight is 287 g/mol. The van der Waals surface area contributed by atoms with Crippen LogP contribution in [0.1, 0.15) is 11.3 Å². The number of alkyl halides is 3. The summed E-state index contributed by atoms with van der Waals surface area (Å²) in [5, 5.41) is 16.7. The maximum atomic E-state index is 12.9. The number of nitrogens with one attached hydrogen (secondary N) is 1. The van der Waals surface area contributed by atoms with E-state index < -0.39 is 28.1 Å². The van der Waals surface area contributed by atoms with E-state index in [1.165, 1.54) is 6.07 Å². The standard InChI is InChI=1S/C11H8F3N3O3/c1-6-4-10(16-15-6)20-9-3-2-7(17(18)19)5-8(9)11(12,13)14/h2-5H,1H3,(H,15,16). The highest BCUT2D eigenvalue weighted by Crippen LogP contribution is 2.39. The Kier molecular flexibility index (Phi) is 3.35. The van der Waals surface area contributed by atoms with E-state index in [9.17, 15) is 23.3 Å². The maximum Gasteiger partial charge on any atom is 0.420 e. The first-order valence-electron chi connectivity index (χ1n) is 5.33. The molecule has 1 aromatic heterocycles. The van der Waals surface area contributed by atoms with Gasteiger partial charge in [0.15, 0.2) is 0 Å². The van der Waals surface area contributed by atoms with Crippen LogP contribution in [0.25, 0.3) is 0 Å². The second-order valence-corrected chi connectivity index (χ2v) is 3.93. The fraction of sp³-hybridized carbons (Fsp3) is 0.182. The molecule has 9 heteroatoms. The van der Waals surface area contributed by atoms with Gasteiger partial charge >= 0.3 is 6.18 Å². The van der Waals surface area contributed by atoms with Crippen LogP contribution in [0, 0.1) is 17.0 Å². The van der Waals surface area contributed by atoms with Crippen molar-refractivity contribution in [2.24, 2.45) is 0 Å². The Morgan fingerprint density at radius 3 is 2.55 bits per heavy atom. The number of benzene rings is 1. The number of hydrogen-bond donors (Lipinski definition) is 1. The highest BCUT2D eigenvalue weighted by Gasteiger charge is 2.36. The largest absolute Gasteiger partial charge is 0.437 e.